The average molecular weight is 509 g/mol. The van der Waals surface area contributed by atoms with Gasteiger partial charge in [-0.25, -0.2) is 4.39 Å². The molecule has 0 radical (unpaired) electrons. The van der Waals surface area contributed by atoms with Crippen LogP contribution < -0.4 is 10.1 Å². The molecule has 28 heavy (non-hydrogen) atoms. The van der Waals surface area contributed by atoms with Gasteiger partial charge in [0.2, 0.25) is 0 Å². The molecule has 0 atom stereocenters. The average Bonchev–Trinajstić information content (AvgIpc) is 2.70. The number of aliphatic imine (C=N–C) groups is 1. The summed E-state index contributed by atoms with van der Waals surface area (Å²) in [5.74, 6) is 1.36. The highest BCUT2D eigenvalue weighted by atomic mass is 127. The van der Waals surface area contributed by atoms with Crippen LogP contribution in [-0.2, 0) is 9.47 Å². The Kier molecular flexibility index (Phi) is 13.2. The number of nitrogens with zero attached hydrogens (tertiary/aromatic N) is 2. The summed E-state index contributed by atoms with van der Waals surface area (Å²) in [6.07, 6.45) is 4.15. The number of hydrogen-bond acceptors (Lipinski definition) is 4. The predicted molar refractivity (Wildman–Crippen MR) is 120 cm³/mol. The molecule has 6 nitrogen and oxygen atoms in total. The van der Waals surface area contributed by atoms with Crippen molar-refractivity contribution in [3.05, 3.63) is 30.1 Å². The molecule has 1 saturated heterocycles. The maximum absolute atomic E-state index is 12.9. The highest BCUT2D eigenvalue weighted by Crippen LogP contribution is 2.14. The topological polar surface area (TPSA) is 55.3 Å². The van der Waals surface area contributed by atoms with Crippen LogP contribution in [0.15, 0.2) is 29.3 Å². The molecule has 1 aromatic rings. The van der Waals surface area contributed by atoms with Crippen molar-refractivity contribution in [1.29, 1.82) is 0 Å². The van der Waals surface area contributed by atoms with E-state index in [2.05, 4.69) is 15.2 Å². The molecule has 1 heterocycles. The SMILES string of the molecule is CN=C(NCCCOc1ccc(F)cc1)N1CCC(OCCCOC)CC1.I. The monoisotopic (exact) mass is 509 g/mol. The van der Waals surface area contributed by atoms with Gasteiger partial charge in [-0.2, -0.15) is 0 Å². The van der Waals surface area contributed by atoms with Gasteiger partial charge in [0.15, 0.2) is 5.96 Å². The second kappa shape index (κ2) is 14.8. The minimum atomic E-state index is -0.253. The fourth-order valence-electron chi connectivity index (χ4n) is 3.01. The molecule has 0 saturated carbocycles. The van der Waals surface area contributed by atoms with Crippen molar-refractivity contribution in [3.8, 4) is 5.75 Å². The van der Waals surface area contributed by atoms with Crippen molar-refractivity contribution in [2.75, 3.05) is 53.6 Å². The van der Waals surface area contributed by atoms with E-state index >= 15 is 0 Å². The summed E-state index contributed by atoms with van der Waals surface area (Å²) in [4.78, 5) is 6.65. The molecule has 0 amide bonds. The van der Waals surface area contributed by atoms with Crippen LogP contribution in [-0.4, -0.2) is 70.6 Å². The van der Waals surface area contributed by atoms with E-state index < -0.39 is 0 Å². The number of rotatable bonds is 10. The third-order valence-corrected chi connectivity index (χ3v) is 4.49. The lowest BCUT2D eigenvalue weighted by Gasteiger charge is -2.34. The minimum Gasteiger partial charge on any atom is -0.494 e. The molecule has 0 aromatic heterocycles. The van der Waals surface area contributed by atoms with Gasteiger partial charge in [-0.05, 0) is 49.9 Å². The Bertz CT molecular complexity index is 552. The van der Waals surface area contributed by atoms with Gasteiger partial charge in [0.1, 0.15) is 11.6 Å². The van der Waals surface area contributed by atoms with Crippen LogP contribution in [0.4, 0.5) is 4.39 Å². The Hall–Kier alpha value is -1.13. The van der Waals surface area contributed by atoms with Gasteiger partial charge in [0.25, 0.3) is 0 Å². The number of benzene rings is 1. The second-order valence-corrected chi connectivity index (χ2v) is 6.53. The Morgan fingerprint density at radius 3 is 2.50 bits per heavy atom. The van der Waals surface area contributed by atoms with Gasteiger partial charge in [-0.3, -0.25) is 4.99 Å². The van der Waals surface area contributed by atoms with Crippen molar-refractivity contribution < 1.29 is 18.6 Å². The normalized spacial score (nSPS) is 15.2. The van der Waals surface area contributed by atoms with Crippen LogP contribution >= 0.6 is 24.0 Å². The third kappa shape index (κ3) is 9.38. The van der Waals surface area contributed by atoms with Gasteiger partial charge in [-0.1, -0.05) is 0 Å². The summed E-state index contributed by atoms with van der Waals surface area (Å²) in [6, 6.07) is 6.09. The summed E-state index contributed by atoms with van der Waals surface area (Å²) in [7, 11) is 3.52. The molecule has 0 aliphatic carbocycles. The molecule has 1 aliphatic heterocycles. The van der Waals surface area contributed by atoms with Gasteiger partial charge >= 0.3 is 0 Å². The molecule has 1 aromatic carbocycles. The molecule has 1 aliphatic rings. The van der Waals surface area contributed by atoms with Crippen LogP contribution in [0.25, 0.3) is 0 Å². The van der Waals surface area contributed by atoms with Crippen molar-refractivity contribution in [2.24, 2.45) is 4.99 Å². The lowest BCUT2D eigenvalue weighted by atomic mass is 10.1. The predicted octanol–water partition coefficient (Wildman–Crippen LogP) is 3.31. The van der Waals surface area contributed by atoms with Crippen molar-refractivity contribution in [2.45, 2.75) is 31.8 Å². The van der Waals surface area contributed by atoms with Gasteiger partial charge in [0.05, 0.1) is 12.7 Å². The van der Waals surface area contributed by atoms with Crippen LogP contribution in [0.5, 0.6) is 5.75 Å². The second-order valence-electron chi connectivity index (χ2n) is 6.53. The largest absolute Gasteiger partial charge is 0.494 e. The molecule has 2 rings (SSSR count). The number of halogens is 2. The third-order valence-electron chi connectivity index (χ3n) is 4.49. The maximum atomic E-state index is 12.9. The highest BCUT2D eigenvalue weighted by Gasteiger charge is 2.21. The Morgan fingerprint density at radius 1 is 1.14 bits per heavy atom. The zero-order valence-corrected chi connectivity index (χ0v) is 19.2. The lowest BCUT2D eigenvalue weighted by Crippen LogP contribution is -2.47. The van der Waals surface area contributed by atoms with Gasteiger partial charge in [-0.15, -0.1) is 24.0 Å². The molecule has 0 bridgehead atoms. The van der Waals surface area contributed by atoms with E-state index in [0.717, 1.165) is 64.5 Å². The zero-order chi connectivity index (χ0) is 19.3. The van der Waals surface area contributed by atoms with E-state index in [-0.39, 0.29) is 29.8 Å². The first-order valence-corrected chi connectivity index (χ1v) is 9.67. The van der Waals surface area contributed by atoms with Crippen molar-refractivity contribution >= 4 is 29.9 Å². The standard InChI is InChI=1S/C20H32FN3O3.HI/c1-22-20(23-11-3-15-26-18-7-5-17(21)6-8-18)24-12-9-19(10-13-24)27-16-4-14-25-2;/h5-8,19H,3-4,9-16H2,1-2H3,(H,22,23);1H. The highest BCUT2D eigenvalue weighted by molar-refractivity contribution is 14.0. The summed E-state index contributed by atoms with van der Waals surface area (Å²) in [6.45, 7) is 4.76. The quantitative estimate of drug-likeness (QED) is 0.227. The summed E-state index contributed by atoms with van der Waals surface area (Å²) >= 11 is 0. The summed E-state index contributed by atoms with van der Waals surface area (Å²) < 4.78 is 29.4. The number of methoxy groups -OCH3 is 1. The molecule has 8 heteroatoms. The summed E-state index contributed by atoms with van der Waals surface area (Å²) in [5.41, 5.74) is 0. The lowest BCUT2D eigenvalue weighted by molar-refractivity contribution is 0.00991. The van der Waals surface area contributed by atoms with E-state index in [4.69, 9.17) is 14.2 Å². The van der Waals surface area contributed by atoms with E-state index in [1.54, 1.807) is 19.2 Å². The van der Waals surface area contributed by atoms with E-state index in [0.29, 0.717) is 18.5 Å². The molecule has 0 spiro atoms. The smallest absolute Gasteiger partial charge is 0.193 e. The van der Waals surface area contributed by atoms with Crippen LogP contribution in [0, 0.1) is 5.82 Å². The molecule has 1 fully saturated rings. The number of guanidine groups is 1. The maximum Gasteiger partial charge on any atom is 0.193 e. The summed E-state index contributed by atoms with van der Waals surface area (Å²) in [5, 5.41) is 3.39. The Labute approximate surface area is 184 Å². The molecular weight excluding hydrogens is 476 g/mol. The fraction of sp³-hybridized carbons (Fsp3) is 0.650. The zero-order valence-electron chi connectivity index (χ0n) is 16.9. The van der Waals surface area contributed by atoms with E-state index in [9.17, 15) is 4.39 Å². The molecule has 0 unspecified atom stereocenters. The minimum absolute atomic E-state index is 0. The van der Waals surface area contributed by atoms with Gasteiger partial charge < -0.3 is 24.4 Å². The first kappa shape index (κ1) is 24.9. The van der Waals surface area contributed by atoms with Crippen LogP contribution in [0.2, 0.25) is 0 Å². The number of piperidine rings is 1. The first-order chi connectivity index (χ1) is 13.2. The molecule has 1 N–H and O–H groups in total. The number of ether oxygens (including phenoxy) is 3. The Balaban J connectivity index is 0.00000392. The molecule has 160 valence electrons. The van der Waals surface area contributed by atoms with Gasteiger partial charge in [0, 0.05) is 47.0 Å². The molecular formula is C20H33FIN3O3. The number of hydrogen-bond donors (Lipinski definition) is 1. The first-order valence-electron chi connectivity index (χ1n) is 9.67. The van der Waals surface area contributed by atoms with E-state index in [1.165, 1.54) is 12.1 Å². The Morgan fingerprint density at radius 2 is 1.86 bits per heavy atom. The van der Waals surface area contributed by atoms with E-state index in [1.807, 2.05) is 7.05 Å². The van der Waals surface area contributed by atoms with Crippen LogP contribution in [0.1, 0.15) is 25.7 Å². The number of likely N-dealkylation sites (tertiary alicyclic amines) is 1. The van der Waals surface area contributed by atoms with Crippen molar-refractivity contribution in [1.82, 2.24) is 10.2 Å². The van der Waals surface area contributed by atoms with Crippen molar-refractivity contribution in [3.63, 3.8) is 0 Å². The number of nitrogens with one attached hydrogen (secondary N) is 1. The van der Waals surface area contributed by atoms with Crippen LogP contribution in [0.3, 0.4) is 0 Å². The fourth-order valence-corrected chi connectivity index (χ4v) is 3.01.